The van der Waals surface area contributed by atoms with Crippen molar-refractivity contribution < 1.29 is 18.7 Å². The van der Waals surface area contributed by atoms with Gasteiger partial charge >= 0.3 is 5.97 Å². The van der Waals surface area contributed by atoms with Gasteiger partial charge < -0.3 is 5.11 Å². The van der Waals surface area contributed by atoms with Crippen LogP contribution in [0.4, 0.5) is 8.78 Å². The third-order valence-corrected chi connectivity index (χ3v) is 3.19. The van der Waals surface area contributed by atoms with Crippen LogP contribution in [0, 0.1) is 11.6 Å². The van der Waals surface area contributed by atoms with E-state index in [9.17, 15) is 18.7 Å². The maximum Gasteiger partial charge on any atom is 0.336 e. The molecular formula is C17H14F2O2. The van der Waals surface area contributed by atoms with E-state index < -0.39 is 11.8 Å². The molecule has 0 heterocycles. The molecule has 0 atom stereocenters. The predicted octanol–water partition coefficient (Wildman–Crippen LogP) is 4.37. The van der Waals surface area contributed by atoms with Crippen molar-refractivity contribution >= 4 is 17.1 Å². The van der Waals surface area contributed by atoms with Crippen molar-refractivity contribution in [2.45, 2.75) is 13.3 Å². The van der Waals surface area contributed by atoms with E-state index in [0.29, 0.717) is 23.1 Å². The maximum absolute atomic E-state index is 13.0. The Balaban J connectivity index is 2.62. The van der Waals surface area contributed by atoms with Gasteiger partial charge in [0, 0.05) is 0 Å². The lowest BCUT2D eigenvalue weighted by atomic mass is 9.93. The van der Waals surface area contributed by atoms with Gasteiger partial charge in [0.2, 0.25) is 0 Å². The molecule has 2 aromatic carbocycles. The Hall–Kier alpha value is -2.49. The number of rotatable bonds is 4. The van der Waals surface area contributed by atoms with Crippen LogP contribution in [0.15, 0.2) is 48.5 Å². The van der Waals surface area contributed by atoms with Crippen molar-refractivity contribution in [3.8, 4) is 0 Å². The topological polar surface area (TPSA) is 37.3 Å². The van der Waals surface area contributed by atoms with Gasteiger partial charge in [-0.3, -0.25) is 0 Å². The van der Waals surface area contributed by atoms with Crippen LogP contribution in [0.2, 0.25) is 0 Å². The van der Waals surface area contributed by atoms with Gasteiger partial charge in [0.1, 0.15) is 11.6 Å². The molecule has 1 N–H and O–H groups in total. The molecule has 0 bridgehead atoms. The normalized spacial score (nSPS) is 12.0. The van der Waals surface area contributed by atoms with E-state index >= 15 is 0 Å². The summed E-state index contributed by atoms with van der Waals surface area (Å²) in [7, 11) is 0. The van der Waals surface area contributed by atoms with E-state index in [4.69, 9.17) is 0 Å². The lowest BCUT2D eigenvalue weighted by Gasteiger charge is -2.12. The molecule has 21 heavy (non-hydrogen) atoms. The highest BCUT2D eigenvalue weighted by molar-refractivity contribution is 6.23. The lowest BCUT2D eigenvalue weighted by molar-refractivity contribution is -0.130. The van der Waals surface area contributed by atoms with Crippen LogP contribution in [-0.2, 0) is 4.79 Å². The molecule has 0 fully saturated rings. The third kappa shape index (κ3) is 3.34. The van der Waals surface area contributed by atoms with Crippen LogP contribution in [0.3, 0.4) is 0 Å². The van der Waals surface area contributed by atoms with E-state index in [1.54, 1.807) is 12.1 Å². The first-order valence-corrected chi connectivity index (χ1v) is 6.51. The second-order valence-electron chi connectivity index (χ2n) is 4.53. The Morgan fingerprint density at radius 2 is 1.33 bits per heavy atom. The molecule has 2 rings (SSSR count). The van der Waals surface area contributed by atoms with Crippen molar-refractivity contribution in [1.82, 2.24) is 0 Å². The highest BCUT2D eigenvalue weighted by atomic mass is 19.1. The number of carboxylic acid groups (broad SMARTS) is 1. The molecule has 0 saturated carbocycles. The Kier molecular flexibility index (Phi) is 4.48. The van der Waals surface area contributed by atoms with Crippen LogP contribution in [0.1, 0.15) is 24.5 Å². The van der Waals surface area contributed by atoms with Crippen LogP contribution in [-0.4, -0.2) is 11.1 Å². The van der Waals surface area contributed by atoms with Crippen LogP contribution in [0.25, 0.3) is 11.1 Å². The van der Waals surface area contributed by atoms with Gasteiger partial charge in [-0.25, -0.2) is 13.6 Å². The summed E-state index contributed by atoms with van der Waals surface area (Å²) in [5.41, 5.74) is 1.74. The van der Waals surface area contributed by atoms with Crippen molar-refractivity contribution in [3.05, 3.63) is 71.3 Å². The number of hydrogen-bond donors (Lipinski definition) is 1. The summed E-state index contributed by atoms with van der Waals surface area (Å²) in [6.07, 6.45) is 0.463. The summed E-state index contributed by atoms with van der Waals surface area (Å²) in [5, 5.41) is 9.49. The second kappa shape index (κ2) is 6.31. The number of carbonyl (C=O) groups is 1. The van der Waals surface area contributed by atoms with E-state index in [2.05, 4.69) is 0 Å². The summed E-state index contributed by atoms with van der Waals surface area (Å²) in [4.78, 5) is 11.6. The lowest BCUT2D eigenvalue weighted by Crippen LogP contribution is -2.04. The Morgan fingerprint density at radius 1 is 0.905 bits per heavy atom. The second-order valence-corrected chi connectivity index (χ2v) is 4.53. The van der Waals surface area contributed by atoms with Gasteiger partial charge in [-0.05, 0) is 47.4 Å². The van der Waals surface area contributed by atoms with Crippen LogP contribution in [0.5, 0.6) is 0 Å². The summed E-state index contributed by atoms with van der Waals surface area (Å²) in [5.74, 6) is -1.90. The maximum atomic E-state index is 13.0. The fourth-order valence-corrected chi connectivity index (χ4v) is 2.22. The molecule has 0 spiro atoms. The van der Waals surface area contributed by atoms with Crippen LogP contribution < -0.4 is 0 Å². The number of aliphatic carboxylic acids is 1. The monoisotopic (exact) mass is 288 g/mol. The molecule has 4 heteroatoms. The molecule has 0 aliphatic carbocycles. The Morgan fingerprint density at radius 3 is 1.71 bits per heavy atom. The van der Waals surface area contributed by atoms with Gasteiger partial charge in [-0.1, -0.05) is 31.2 Å². The fraction of sp³-hybridized carbons (Fsp3) is 0.118. The van der Waals surface area contributed by atoms with Crippen molar-refractivity contribution in [2.75, 3.05) is 0 Å². The Labute approximate surface area is 121 Å². The average molecular weight is 288 g/mol. The smallest absolute Gasteiger partial charge is 0.336 e. The van der Waals surface area contributed by atoms with Crippen molar-refractivity contribution in [1.29, 1.82) is 0 Å². The molecule has 2 nitrogen and oxygen atoms in total. The summed E-state index contributed by atoms with van der Waals surface area (Å²) < 4.78 is 26.0. The van der Waals surface area contributed by atoms with Gasteiger partial charge in [-0.15, -0.1) is 0 Å². The number of hydrogen-bond acceptors (Lipinski definition) is 1. The van der Waals surface area contributed by atoms with Gasteiger partial charge in [0.15, 0.2) is 0 Å². The van der Waals surface area contributed by atoms with Crippen LogP contribution >= 0.6 is 0 Å². The summed E-state index contributed by atoms with van der Waals surface area (Å²) >= 11 is 0. The minimum atomic E-state index is -1.09. The number of halogens is 2. The molecule has 0 aliphatic rings. The first-order chi connectivity index (χ1) is 10.0. The standard InChI is InChI=1S/C17H14F2O2/c1-2-15(11-3-7-13(18)8-4-11)16(17(20)21)12-5-9-14(19)10-6-12/h3-10H,2H2,1H3,(H,20,21). The van der Waals surface area contributed by atoms with E-state index in [1.165, 1.54) is 36.4 Å². The van der Waals surface area contributed by atoms with Crippen molar-refractivity contribution in [3.63, 3.8) is 0 Å². The molecular weight excluding hydrogens is 274 g/mol. The molecule has 0 saturated heterocycles. The first-order valence-electron chi connectivity index (χ1n) is 6.51. The highest BCUT2D eigenvalue weighted by Gasteiger charge is 2.17. The van der Waals surface area contributed by atoms with E-state index in [0.717, 1.165) is 0 Å². The molecule has 0 aromatic heterocycles. The number of benzene rings is 2. The number of carboxylic acids is 1. The zero-order valence-corrected chi connectivity index (χ0v) is 11.4. The summed E-state index contributed by atoms with van der Waals surface area (Å²) in [6, 6.07) is 11.0. The SMILES string of the molecule is CCC(=C(C(=O)O)c1ccc(F)cc1)c1ccc(F)cc1. The molecule has 0 radical (unpaired) electrons. The molecule has 108 valence electrons. The zero-order valence-electron chi connectivity index (χ0n) is 11.4. The fourth-order valence-electron chi connectivity index (χ4n) is 2.22. The highest BCUT2D eigenvalue weighted by Crippen LogP contribution is 2.29. The Bertz CT molecular complexity index is 671. The molecule has 0 aliphatic heterocycles. The molecule has 2 aromatic rings. The molecule has 0 amide bonds. The largest absolute Gasteiger partial charge is 0.478 e. The average Bonchev–Trinajstić information content (AvgIpc) is 2.47. The van der Waals surface area contributed by atoms with Crippen molar-refractivity contribution in [2.24, 2.45) is 0 Å². The predicted molar refractivity (Wildman–Crippen MR) is 77.5 cm³/mol. The first kappa shape index (κ1) is 14.9. The van der Waals surface area contributed by atoms with E-state index in [1.807, 2.05) is 6.92 Å². The minimum Gasteiger partial charge on any atom is -0.478 e. The molecule has 0 unspecified atom stereocenters. The van der Waals surface area contributed by atoms with E-state index in [-0.39, 0.29) is 11.4 Å². The third-order valence-electron chi connectivity index (χ3n) is 3.19. The summed E-state index contributed by atoms with van der Waals surface area (Å²) in [6.45, 7) is 1.82. The van der Waals surface area contributed by atoms with Gasteiger partial charge in [0.05, 0.1) is 5.57 Å². The van der Waals surface area contributed by atoms with Gasteiger partial charge in [0.25, 0.3) is 0 Å². The number of allylic oxidation sites excluding steroid dienone is 1. The van der Waals surface area contributed by atoms with Gasteiger partial charge in [-0.2, -0.15) is 0 Å². The quantitative estimate of drug-likeness (QED) is 0.670. The zero-order chi connectivity index (χ0) is 15.4. The minimum absolute atomic E-state index is 0.101.